The summed E-state index contributed by atoms with van der Waals surface area (Å²) >= 11 is 0. The molecule has 1 rings (SSSR count). The van der Waals surface area contributed by atoms with Gasteiger partial charge in [-0.05, 0) is 5.92 Å². The Balaban J connectivity index is 0. The van der Waals surface area contributed by atoms with Crippen LogP contribution in [0.2, 0.25) is 0 Å². The van der Waals surface area contributed by atoms with Crippen LogP contribution in [0.1, 0.15) is 19.4 Å². The van der Waals surface area contributed by atoms with E-state index in [9.17, 15) is 0 Å². The van der Waals surface area contributed by atoms with Crippen molar-refractivity contribution in [3.63, 3.8) is 0 Å². The normalized spacial score (nSPS) is 8.86. The summed E-state index contributed by atoms with van der Waals surface area (Å²) < 4.78 is 5.47. The van der Waals surface area contributed by atoms with Crippen LogP contribution in [0.25, 0.3) is 0 Å². The maximum atomic E-state index is 5.47. The molecule has 0 fully saturated rings. The first kappa shape index (κ1) is 16.7. The van der Waals surface area contributed by atoms with Gasteiger partial charge in [0.1, 0.15) is 0 Å². The molecule has 0 bridgehead atoms. The van der Waals surface area contributed by atoms with E-state index in [2.05, 4.69) is 19.9 Å². The van der Waals surface area contributed by atoms with Crippen LogP contribution in [-0.4, -0.2) is 29.7 Å². The molecule has 0 aliphatic heterocycles. The Hall–Kier alpha value is 0.266. The van der Waals surface area contributed by atoms with E-state index in [4.69, 9.17) is 4.74 Å². The Labute approximate surface area is 113 Å². The van der Waals surface area contributed by atoms with Crippen molar-refractivity contribution in [1.29, 1.82) is 0 Å². The van der Waals surface area contributed by atoms with Crippen LogP contribution >= 0.6 is 0 Å². The van der Waals surface area contributed by atoms with E-state index in [0.29, 0.717) is 5.92 Å². The van der Waals surface area contributed by atoms with Gasteiger partial charge in [-0.25, -0.2) is 0 Å². The molecule has 0 aliphatic carbocycles. The van der Waals surface area contributed by atoms with Gasteiger partial charge in [0.2, 0.25) is 0 Å². The van der Waals surface area contributed by atoms with E-state index in [-0.39, 0.29) is 40.0 Å². The van der Waals surface area contributed by atoms with E-state index in [1.165, 1.54) is 5.56 Å². The number of halogens is 1. The monoisotopic (exact) mass is 266 g/mol. The second kappa shape index (κ2) is 8.56. The van der Waals surface area contributed by atoms with Gasteiger partial charge in [0.25, 0.3) is 0 Å². The smallest absolute Gasteiger partial charge is 1.00 e. The fourth-order valence-electron chi connectivity index (χ4n) is 0.835. The minimum absolute atomic E-state index is 0. The summed E-state index contributed by atoms with van der Waals surface area (Å²) in [6.07, 6.45) is 0. The molecule has 0 unspecified atom stereocenters. The molecular weight excluding hydrogens is 252 g/mol. The molecule has 0 aromatic heterocycles. The standard InChI is InChI=1S/C11H15O.BrH.Mg/c1-9(2)8-12-11-6-4-10(3)5-7-11;;/h4-6,9H,8H2,1-3H3;1H;/q-1;;+2/p-1. The number of hydrogen-bond acceptors (Lipinski definition) is 1. The van der Waals surface area contributed by atoms with Gasteiger partial charge in [-0.1, -0.05) is 20.8 Å². The van der Waals surface area contributed by atoms with Gasteiger partial charge in [0.15, 0.2) is 0 Å². The molecule has 0 heterocycles. The summed E-state index contributed by atoms with van der Waals surface area (Å²) in [5, 5.41) is 0. The minimum atomic E-state index is 0. The van der Waals surface area contributed by atoms with Crippen molar-refractivity contribution in [1.82, 2.24) is 0 Å². The minimum Gasteiger partial charge on any atom is -1.00 e. The third-order valence-corrected chi connectivity index (χ3v) is 1.51. The molecule has 0 aliphatic rings. The third-order valence-electron chi connectivity index (χ3n) is 1.51. The zero-order valence-electron chi connectivity index (χ0n) is 9.01. The third kappa shape index (κ3) is 6.68. The zero-order chi connectivity index (χ0) is 8.97. The number of ether oxygens (including phenoxy) is 1. The fourth-order valence-corrected chi connectivity index (χ4v) is 0.835. The first-order valence-corrected chi connectivity index (χ1v) is 4.29. The molecule has 1 aromatic rings. The predicted octanol–water partition coefficient (Wildman–Crippen LogP) is -0.547. The van der Waals surface area contributed by atoms with Crippen LogP contribution in [0.5, 0.6) is 5.75 Å². The summed E-state index contributed by atoms with van der Waals surface area (Å²) in [6, 6.07) is 9.00. The zero-order valence-corrected chi connectivity index (χ0v) is 12.0. The van der Waals surface area contributed by atoms with Crippen molar-refractivity contribution >= 4 is 23.1 Å². The van der Waals surface area contributed by atoms with Gasteiger partial charge < -0.3 is 21.7 Å². The molecule has 0 radical (unpaired) electrons. The summed E-state index contributed by atoms with van der Waals surface area (Å²) in [6.45, 7) is 7.07. The first-order chi connectivity index (χ1) is 5.68. The molecule has 0 N–H and O–H groups in total. The molecule has 74 valence electrons. The SMILES string of the molecule is Cc1c[c-]c(OCC(C)C)cc1.[Br-].[Mg+2]. The van der Waals surface area contributed by atoms with Gasteiger partial charge in [0.05, 0.1) is 6.61 Å². The molecule has 1 aromatic carbocycles. The van der Waals surface area contributed by atoms with Crippen LogP contribution in [0, 0.1) is 18.9 Å². The average Bonchev–Trinajstić information content (AvgIpc) is 2.03. The predicted molar refractivity (Wildman–Crippen MR) is 56.1 cm³/mol. The second-order valence-electron chi connectivity index (χ2n) is 3.44. The van der Waals surface area contributed by atoms with Crippen molar-refractivity contribution in [3.8, 4) is 5.75 Å². The van der Waals surface area contributed by atoms with Gasteiger partial charge in [0, 0.05) is 5.75 Å². The van der Waals surface area contributed by atoms with Crippen molar-refractivity contribution in [3.05, 3.63) is 29.8 Å². The summed E-state index contributed by atoms with van der Waals surface area (Å²) in [7, 11) is 0. The number of aryl methyl sites for hydroxylation is 1. The van der Waals surface area contributed by atoms with E-state index in [1.54, 1.807) is 0 Å². The molecule has 0 saturated heterocycles. The molecule has 0 saturated carbocycles. The summed E-state index contributed by atoms with van der Waals surface area (Å²) in [5.74, 6) is 1.41. The Morgan fingerprint density at radius 3 is 2.43 bits per heavy atom. The van der Waals surface area contributed by atoms with Crippen LogP contribution in [0.15, 0.2) is 18.2 Å². The van der Waals surface area contributed by atoms with E-state index in [1.807, 2.05) is 25.1 Å². The molecule has 0 amide bonds. The van der Waals surface area contributed by atoms with E-state index >= 15 is 0 Å². The van der Waals surface area contributed by atoms with Crippen molar-refractivity contribution in [2.24, 2.45) is 5.92 Å². The largest absolute Gasteiger partial charge is 2.00 e. The van der Waals surface area contributed by atoms with Crippen molar-refractivity contribution in [2.45, 2.75) is 20.8 Å². The quantitative estimate of drug-likeness (QED) is 0.528. The molecule has 3 heteroatoms. The average molecular weight is 267 g/mol. The van der Waals surface area contributed by atoms with E-state index < -0.39 is 0 Å². The van der Waals surface area contributed by atoms with Crippen LogP contribution in [0.3, 0.4) is 0 Å². The molecule has 0 atom stereocenters. The number of benzene rings is 1. The Bertz CT molecular complexity index is 234. The van der Waals surface area contributed by atoms with Gasteiger partial charge >= 0.3 is 23.1 Å². The van der Waals surface area contributed by atoms with Crippen LogP contribution in [-0.2, 0) is 0 Å². The Morgan fingerprint density at radius 2 is 2.00 bits per heavy atom. The maximum Gasteiger partial charge on any atom is 2.00 e. The Kier molecular flexibility index (Phi) is 10.2. The Morgan fingerprint density at radius 1 is 1.36 bits per heavy atom. The topological polar surface area (TPSA) is 9.23 Å². The second-order valence-corrected chi connectivity index (χ2v) is 3.44. The fraction of sp³-hybridized carbons (Fsp3) is 0.455. The van der Waals surface area contributed by atoms with Crippen LogP contribution < -0.4 is 21.7 Å². The van der Waals surface area contributed by atoms with E-state index in [0.717, 1.165) is 12.4 Å². The summed E-state index contributed by atoms with van der Waals surface area (Å²) in [5.41, 5.74) is 1.21. The maximum absolute atomic E-state index is 5.47. The summed E-state index contributed by atoms with van der Waals surface area (Å²) in [4.78, 5) is 0. The number of rotatable bonds is 3. The molecule has 1 nitrogen and oxygen atoms in total. The van der Waals surface area contributed by atoms with Crippen LogP contribution in [0.4, 0.5) is 0 Å². The van der Waals surface area contributed by atoms with Crippen molar-refractivity contribution < 1.29 is 21.7 Å². The molecular formula is C11H15BrMgO. The van der Waals surface area contributed by atoms with Gasteiger partial charge in [-0.2, -0.15) is 17.7 Å². The number of hydrogen-bond donors (Lipinski definition) is 0. The molecule has 14 heavy (non-hydrogen) atoms. The molecule has 0 spiro atoms. The first-order valence-electron chi connectivity index (χ1n) is 4.29. The van der Waals surface area contributed by atoms with Gasteiger partial charge in [-0.15, -0.1) is 12.1 Å². The van der Waals surface area contributed by atoms with Crippen molar-refractivity contribution in [2.75, 3.05) is 6.61 Å². The van der Waals surface area contributed by atoms with Gasteiger partial charge in [-0.3, -0.25) is 0 Å².